The topological polar surface area (TPSA) is 84.7 Å². The number of carbonyl (C=O) groups is 2. The number of thiocarbonyl (C=S) groups is 1. The number of ether oxygens (including phenoxy) is 1. The molecule has 4 aromatic carbocycles. The molecule has 0 spiro atoms. The second kappa shape index (κ2) is 11.6. The van der Waals surface area contributed by atoms with E-state index in [4.69, 9.17) is 22.1 Å². The van der Waals surface area contributed by atoms with Gasteiger partial charge in [-0.1, -0.05) is 103 Å². The smallest absolute Gasteiger partial charge is 0.327 e. The molecule has 9 heteroatoms. The van der Waals surface area contributed by atoms with Gasteiger partial charge in [0.25, 0.3) is 5.91 Å². The lowest BCUT2D eigenvalue weighted by atomic mass is 10.0. The van der Waals surface area contributed by atoms with Crippen molar-refractivity contribution >= 4 is 57.0 Å². The van der Waals surface area contributed by atoms with E-state index in [1.807, 2.05) is 110 Å². The Morgan fingerprint density at radius 2 is 1.64 bits per heavy atom. The van der Waals surface area contributed by atoms with Gasteiger partial charge in [-0.2, -0.15) is 9.78 Å². The van der Waals surface area contributed by atoms with Crippen LogP contribution in [0.5, 0.6) is 11.6 Å². The molecule has 2 heterocycles. The third-order valence-corrected chi connectivity index (χ3v) is 8.30. The van der Waals surface area contributed by atoms with E-state index in [0.717, 1.165) is 33.8 Å². The number of benzene rings is 4. The van der Waals surface area contributed by atoms with Crippen molar-refractivity contribution in [1.82, 2.24) is 14.7 Å². The number of carboxylic acid groups (broad SMARTS) is 1. The highest BCUT2D eigenvalue weighted by Gasteiger charge is 2.41. The fourth-order valence-electron chi connectivity index (χ4n) is 4.88. The Balaban J connectivity index is 1.39. The van der Waals surface area contributed by atoms with Crippen LogP contribution in [-0.4, -0.2) is 42.0 Å². The first kappa shape index (κ1) is 27.4. The number of carboxylic acids is 1. The lowest BCUT2D eigenvalue weighted by Crippen LogP contribution is -2.45. The van der Waals surface area contributed by atoms with Crippen LogP contribution >= 0.6 is 24.0 Å². The number of aryl methyl sites for hydroxylation is 1. The predicted molar refractivity (Wildman–Crippen MR) is 169 cm³/mol. The van der Waals surface area contributed by atoms with E-state index >= 15 is 0 Å². The standard InChI is InChI=1S/C33H25N3O4S2/c1-21-27(20-29-30(37)35(33(41)42-29)28(32(38)39)18-22-10-4-2-5-11-22)31(36(34-21)25-14-6-3-7-15-25)40-26-17-16-23-12-8-9-13-24(23)19-26/h2-17,19-20,28H,18H2,1H3,(H,38,39)/b29-20-/t28-/m0/s1. The van der Waals surface area contributed by atoms with Gasteiger partial charge in [0.1, 0.15) is 16.1 Å². The molecule has 0 aliphatic carbocycles. The summed E-state index contributed by atoms with van der Waals surface area (Å²) in [6.07, 6.45) is 1.83. The van der Waals surface area contributed by atoms with Gasteiger partial charge in [-0.25, -0.2) is 4.79 Å². The number of nitrogens with zero attached hydrogens (tertiary/aromatic N) is 3. The van der Waals surface area contributed by atoms with E-state index in [-0.39, 0.29) is 10.7 Å². The van der Waals surface area contributed by atoms with E-state index in [2.05, 4.69) is 0 Å². The maximum absolute atomic E-state index is 13.7. The molecule has 1 saturated heterocycles. The van der Waals surface area contributed by atoms with Crippen LogP contribution in [0.2, 0.25) is 0 Å². The summed E-state index contributed by atoms with van der Waals surface area (Å²) in [5.41, 5.74) is 2.83. The molecule has 1 aromatic heterocycles. The maximum Gasteiger partial charge on any atom is 0.327 e. The first-order chi connectivity index (χ1) is 20.4. The number of aliphatic carboxylic acids is 1. The van der Waals surface area contributed by atoms with Crippen molar-refractivity contribution in [1.29, 1.82) is 0 Å². The molecule has 0 unspecified atom stereocenters. The molecule has 0 bridgehead atoms. The highest BCUT2D eigenvalue weighted by Crippen LogP contribution is 2.39. The van der Waals surface area contributed by atoms with Gasteiger partial charge >= 0.3 is 5.97 Å². The number of amides is 1. The van der Waals surface area contributed by atoms with Crippen LogP contribution < -0.4 is 4.74 Å². The van der Waals surface area contributed by atoms with Gasteiger partial charge in [-0.15, -0.1) is 0 Å². The Labute approximate surface area is 252 Å². The van der Waals surface area contributed by atoms with Crippen molar-refractivity contribution in [2.24, 2.45) is 0 Å². The number of para-hydroxylation sites is 1. The zero-order chi connectivity index (χ0) is 29.2. The Bertz CT molecular complexity index is 1850. The zero-order valence-electron chi connectivity index (χ0n) is 22.5. The highest BCUT2D eigenvalue weighted by molar-refractivity contribution is 8.26. The SMILES string of the molecule is Cc1nn(-c2ccccc2)c(Oc2ccc3ccccc3c2)c1/C=C1\SC(=S)N([C@@H](Cc2ccccc2)C(=O)O)C1=O. The number of carbonyl (C=O) groups excluding carboxylic acids is 1. The molecular weight excluding hydrogens is 567 g/mol. The number of thioether (sulfide) groups is 1. The molecular formula is C33H25N3O4S2. The fourth-order valence-corrected chi connectivity index (χ4v) is 6.21. The second-order valence-corrected chi connectivity index (χ2v) is 11.4. The molecule has 7 nitrogen and oxygen atoms in total. The summed E-state index contributed by atoms with van der Waals surface area (Å²) >= 11 is 6.61. The third kappa shape index (κ3) is 5.44. The summed E-state index contributed by atoms with van der Waals surface area (Å²) in [7, 11) is 0. The van der Waals surface area contributed by atoms with Gasteiger partial charge < -0.3 is 9.84 Å². The maximum atomic E-state index is 13.7. The monoisotopic (exact) mass is 591 g/mol. The van der Waals surface area contributed by atoms with Gasteiger partial charge in [0.05, 0.1) is 21.8 Å². The van der Waals surface area contributed by atoms with Crippen LogP contribution in [0.4, 0.5) is 0 Å². The van der Waals surface area contributed by atoms with Gasteiger partial charge in [0.15, 0.2) is 0 Å². The van der Waals surface area contributed by atoms with Crippen LogP contribution in [0.25, 0.3) is 22.5 Å². The second-order valence-electron chi connectivity index (χ2n) is 9.76. The van der Waals surface area contributed by atoms with Crippen LogP contribution in [0.15, 0.2) is 108 Å². The molecule has 1 aliphatic heterocycles. The highest BCUT2D eigenvalue weighted by atomic mass is 32.2. The van der Waals surface area contributed by atoms with Crippen molar-refractivity contribution in [2.45, 2.75) is 19.4 Å². The molecule has 1 aliphatic rings. The van der Waals surface area contributed by atoms with Crippen molar-refractivity contribution in [2.75, 3.05) is 0 Å². The first-order valence-electron chi connectivity index (χ1n) is 13.2. The summed E-state index contributed by atoms with van der Waals surface area (Å²) in [6.45, 7) is 1.84. The van der Waals surface area contributed by atoms with E-state index < -0.39 is 17.9 Å². The quantitative estimate of drug-likeness (QED) is 0.153. The number of hydrogen-bond acceptors (Lipinski definition) is 6. The van der Waals surface area contributed by atoms with E-state index in [9.17, 15) is 14.7 Å². The van der Waals surface area contributed by atoms with Crippen molar-refractivity contribution in [3.05, 3.63) is 125 Å². The van der Waals surface area contributed by atoms with E-state index in [1.54, 1.807) is 10.8 Å². The summed E-state index contributed by atoms with van der Waals surface area (Å²) in [5, 5.41) is 16.9. The number of aromatic nitrogens is 2. The molecule has 0 radical (unpaired) electrons. The number of hydrogen-bond donors (Lipinski definition) is 1. The molecule has 42 heavy (non-hydrogen) atoms. The Hall–Kier alpha value is -4.73. The summed E-state index contributed by atoms with van der Waals surface area (Å²) in [6, 6.07) is 31.5. The number of rotatable bonds is 8. The van der Waals surface area contributed by atoms with E-state index in [1.165, 1.54) is 4.90 Å². The molecule has 1 fully saturated rings. The van der Waals surface area contributed by atoms with Gasteiger partial charge in [0, 0.05) is 6.42 Å². The average molecular weight is 592 g/mol. The first-order valence-corrected chi connectivity index (χ1v) is 14.5. The summed E-state index contributed by atoms with van der Waals surface area (Å²) in [4.78, 5) is 27.5. The van der Waals surface area contributed by atoms with Gasteiger partial charge in [-0.05, 0) is 53.6 Å². The summed E-state index contributed by atoms with van der Waals surface area (Å²) < 4.78 is 8.38. The minimum Gasteiger partial charge on any atom is -0.480 e. The Morgan fingerprint density at radius 1 is 0.976 bits per heavy atom. The molecule has 5 aromatic rings. The lowest BCUT2D eigenvalue weighted by molar-refractivity contribution is -0.145. The largest absolute Gasteiger partial charge is 0.480 e. The lowest BCUT2D eigenvalue weighted by Gasteiger charge is -2.23. The van der Waals surface area contributed by atoms with Crippen molar-refractivity contribution < 1.29 is 19.4 Å². The Kier molecular flexibility index (Phi) is 7.60. The molecule has 0 saturated carbocycles. The normalized spacial score (nSPS) is 15.0. The minimum atomic E-state index is -1.13. The van der Waals surface area contributed by atoms with Crippen LogP contribution in [-0.2, 0) is 16.0 Å². The van der Waals surface area contributed by atoms with Crippen LogP contribution in [0.3, 0.4) is 0 Å². The third-order valence-electron chi connectivity index (χ3n) is 6.97. The molecule has 1 amide bonds. The predicted octanol–water partition coefficient (Wildman–Crippen LogP) is 7.02. The average Bonchev–Trinajstić information content (AvgIpc) is 3.46. The van der Waals surface area contributed by atoms with Crippen molar-refractivity contribution in [3.8, 4) is 17.3 Å². The van der Waals surface area contributed by atoms with Gasteiger partial charge in [-0.3, -0.25) is 9.69 Å². The number of fused-ring (bicyclic) bond motifs is 1. The molecule has 208 valence electrons. The van der Waals surface area contributed by atoms with Crippen LogP contribution in [0, 0.1) is 6.92 Å². The molecule has 6 rings (SSSR count). The molecule has 1 atom stereocenters. The van der Waals surface area contributed by atoms with Gasteiger partial charge in [0.2, 0.25) is 5.88 Å². The zero-order valence-corrected chi connectivity index (χ0v) is 24.1. The Morgan fingerprint density at radius 3 is 2.36 bits per heavy atom. The van der Waals surface area contributed by atoms with E-state index in [0.29, 0.717) is 27.8 Å². The minimum absolute atomic E-state index is 0.136. The fraction of sp³-hybridized carbons (Fsp3) is 0.0909. The van der Waals surface area contributed by atoms with Crippen molar-refractivity contribution in [3.63, 3.8) is 0 Å². The molecule has 1 N–H and O–H groups in total. The van der Waals surface area contributed by atoms with Crippen LogP contribution in [0.1, 0.15) is 16.8 Å². The summed E-state index contributed by atoms with van der Waals surface area (Å²) in [5.74, 6) is -0.540.